The number of carbonyl (C=O) groups is 1. The van der Waals surface area contributed by atoms with Gasteiger partial charge in [0.1, 0.15) is 5.82 Å². The Kier molecular flexibility index (Phi) is 5.18. The lowest BCUT2D eigenvalue weighted by Crippen LogP contribution is -2.26. The van der Waals surface area contributed by atoms with Gasteiger partial charge in [-0.1, -0.05) is 29.8 Å². The predicted octanol–water partition coefficient (Wildman–Crippen LogP) is 4.61. The molecule has 1 aromatic heterocycles. The third-order valence-electron chi connectivity index (χ3n) is 3.75. The van der Waals surface area contributed by atoms with E-state index in [0.717, 1.165) is 30.5 Å². The zero-order valence-corrected chi connectivity index (χ0v) is 14.4. The molecule has 0 bridgehead atoms. The van der Waals surface area contributed by atoms with Crippen LogP contribution in [0.4, 0.5) is 17.6 Å². The number of halogens is 5. The number of nitrogens with zero attached hydrogens (tertiary/aromatic N) is 2. The number of amides is 1. The van der Waals surface area contributed by atoms with Crippen LogP contribution in [-0.2, 0) is 12.7 Å². The van der Waals surface area contributed by atoms with Crippen molar-refractivity contribution in [3.63, 3.8) is 0 Å². The van der Waals surface area contributed by atoms with Gasteiger partial charge in [-0.25, -0.2) is 9.07 Å². The van der Waals surface area contributed by atoms with E-state index in [1.54, 1.807) is 24.3 Å². The van der Waals surface area contributed by atoms with Crippen LogP contribution in [0.5, 0.6) is 0 Å². The molecule has 0 saturated heterocycles. The maximum absolute atomic E-state index is 13.6. The van der Waals surface area contributed by atoms with Gasteiger partial charge < -0.3 is 5.32 Å². The van der Waals surface area contributed by atoms with Gasteiger partial charge in [0.15, 0.2) is 5.69 Å². The maximum Gasteiger partial charge on any atom is 0.434 e. The Hall–Kier alpha value is -2.87. The highest BCUT2D eigenvalue weighted by Gasteiger charge is 2.40. The molecule has 1 amide bonds. The fourth-order valence-electron chi connectivity index (χ4n) is 2.48. The van der Waals surface area contributed by atoms with E-state index < -0.39 is 29.2 Å². The first-order valence-corrected chi connectivity index (χ1v) is 8.08. The summed E-state index contributed by atoms with van der Waals surface area (Å²) < 4.78 is 54.3. The van der Waals surface area contributed by atoms with E-state index in [9.17, 15) is 22.4 Å². The highest BCUT2D eigenvalue weighted by Crippen LogP contribution is 2.33. The molecular formula is C18H12ClF4N3O. The van der Waals surface area contributed by atoms with Crippen LogP contribution in [0.2, 0.25) is 5.02 Å². The van der Waals surface area contributed by atoms with Crippen LogP contribution >= 0.6 is 11.6 Å². The molecule has 0 saturated carbocycles. The van der Waals surface area contributed by atoms with Crippen molar-refractivity contribution in [1.82, 2.24) is 15.1 Å². The second-order valence-corrected chi connectivity index (χ2v) is 5.97. The minimum absolute atomic E-state index is 0.0196. The van der Waals surface area contributed by atoms with Crippen LogP contribution in [0, 0.1) is 5.82 Å². The number of carbonyl (C=O) groups excluding carboxylic acids is 1. The lowest BCUT2D eigenvalue weighted by molar-refractivity contribution is -0.143. The van der Waals surface area contributed by atoms with Gasteiger partial charge in [0.05, 0.1) is 17.4 Å². The van der Waals surface area contributed by atoms with E-state index in [1.807, 2.05) is 0 Å². The molecule has 0 atom stereocenters. The van der Waals surface area contributed by atoms with E-state index in [1.165, 1.54) is 0 Å². The van der Waals surface area contributed by atoms with Crippen LogP contribution in [0.1, 0.15) is 21.6 Å². The van der Waals surface area contributed by atoms with E-state index in [2.05, 4.69) is 10.4 Å². The third kappa shape index (κ3) is 4.11. The molecule has 3 rings (SSSR count). The average Bonchev–Trinajstić information content (AvgIpc) is 3.07. The molecule has 0 radical (unpaired) electrons. The summed E-state index contributed by atoms with van der Waals surface area (Å²) in [5, 5.41) is 6.45. The molecule has 0 aliphatic rings. The maximum atomic E-state index is 13.6. The molecule has 2 aromatic carbocycles. The first-order valence-electron chi connectivity index (χ1n) is 7.70. The second kappa shape index (κ2) is 7.40. The Morgan fingerprint density at radius 1 is 1.11 bits per heavy atom. The highest BCUT2D eigenvalue weighted by molar-refractivity contribution is 6.31. The molecule has 0 spiro atoms. The van der Waals surface area contributed by atoms with Gasteiger partial charge in [-0.2, -0.15) is 18.3 Å². The number of hydrogen-bond donors (Lipinski definition) is 1. The second-order valence-electron chi connectivity index (χ2n) is 5.57. The van der Waals surface area contributed by atoms with Gasteiger partial charge in [-0.05, 0) is 35.9 Å². The fourth-order valence-corrected chi connectivity index (χ4v) is 2.68. The molecule has 0 aliphatic carbocycles. The number of nitrogens with one attached hydrogen (secondary N) is 1. The summed E-state index contributed by atoms with van der Waals surface area (Å²) in [6.07, 6.45) is -4.02. The monoisotopic (exact) mass is 397 g/mol. The summed E-state index contributed by atoms with van der Waals surface area (Å²) in [6.45, 7) is -0.0441. The van der Waals surface area contributed by atoms with Crippen molar-refractivity contribution < 1.29 is 22.4 Å². The molecule has 1 N–H and O–H groups in total. The number of benzene rings is 2. The molecule has 0 unspecified atom stereocenters. The number of rotatable bonds is 4. The van der Waals surface area contributed by atoms with Crippen molar-refractivity contribution in [1.29, 1.82) is 0 Å². The molecular weight excluding hydrogens is 386 g/mol. The Bertz CT molecular complexity index is 967. The quantitative estimate of drug-likeness (QED) is 0.653. The van der Waals surface area contributed by atoms with Gasteiger partial charge in [-0.3, -0.25) is 4.79 Å². The van der Waals surface area contributed by atoms with Crippen molar-refractivity contribution in [2.24, 2.45) is 0 Å². The summed E-state index contributed by atoms with van der Waals surface area (Å²) >= 11 is 5.98. The fraction of sp³-hybridized carbons (Fsp3) is 0.111. The Labute approximate surface area is 156 Å². The van der Waals surface area contributed by atoms with Gasteiger partial charge >= 0.3 is 6.18 Å². The summed E-state index contributed by atoms with van der Waals surface area (Å²) in [7, 11) is 0. The summed E-state index contributed by atoms with van der Waals surface area (Å²) in [4.78, 5) is 12.3. The van der Waals surface area contributed by atoms with Crippen LogP contribution in [0.15, 0.2) is 54.7 Å². The van der Waals surface area contributed by atoms with E-state index in [-0.39, 0.29) is 12.2 Å². The van der Waals surface area contributed by atoms with Crippen LogP contribution in [0.3, 0.4) is 0 Å². The molecule has 140 valence electrons. The molecule has 4 nitrogen and oxygen atoms in total. The Morgan fingerprint density at radius 2 is 1.78 bits per heavy atom. The number of aromatic nitrogens is 2. The van der Waals surface area contributed by atoms with E-state index in [0.29, 0.717) is 15.3 Å². The van der Waals surface area contributed by atoms with Gasteiger partial charge in [0.25, 0.3) is 5.91 Å². The first kappa shape index (κ1) is 18.9. The Morgan fingerprint density at radius 3 is 2.41 bits per heavy atom. The standard InChI is InChI=1S/C18H12ClF4N3O/c19-15-4-2-1-3-11(15)9-24-17(27)14-10-25-26(16(14)18(21,22)23)13-7-5-12(20)6-8-13/h1-8,10H,9H2,(H,24,27). The lowest BCUT2D eigenvalue weighted by atomic mass is 10.2. The van der Waals surface area contributed by atoms with Gasteiger partial charge in [0.2, 0.25) is 0 Å². The molecule has 3 aromatic rings. The van der Waals surface area contributed by atoms with Gasteiger partial charge in [0, 0.05) is 11.6 Å². The Balaban J connectivity index is 1.92. The number of alkyl halides is 3. The predicted molar refractivity (Wildman–Crippen MR) is 91.1 cm³/mol. The SMILES string of the molecule is O=C(NCc1ccccc1Cl)c1cnn(-c2ccc(F)cc2)c1C(F)(F)F. The summed E-state index contributed by atoms with van der Waals surface area (Å²) in [5.41, 5.74) is -1.34. The van der Waals surface area contributed by atoms with Crippen LogP contribution < -0.4 is 5.32 Å². The number of hydrogen-bond acceptors (Lipinski definition) is 2. The van der Waals surface area contributed by atoms with Gasteiger partial charge in [-0.15, -0.1) is 0 Å². The van der Waals surface area contributed by atoms with Crippen LogP contribution in [-0.4, -0.2) is 15.7 Å². The zero-order chi connectivity index (χ0) is 19.6. The normalized spacial score (nSPS) is 11.4. The van der Waals surface area contributed by atoms with E-state index in [4.69, 9.17) is 11.6 Å². The molecule has 27 heavy (non-hydrogen) atoms. The van der Waals surface area contributed by atoms with Crippen molar-refractivity contribution >= 4 is 17.5 Å². The molecule has 9 heteroatoms. The zero-order valence-electron chi connectivity index (χ0n) is 13.6. The summed E-state index contributed by atoms with van der Waals surface area (Å²) in [5.74, 6) is -1.55. The average molecular weight is 398 g/mol. The third-order valence-corrected chi connectivity index (χ3v) is 4.12. The molecule has 0 aliphatic heterocycles. The minimum Gasteiger partial charge on any atom is -0.348 e. The first-order chi connectivity index (χ1) is 12.8. The smallest absolute Gasteiger partial charge is 0.348 e. The van der Waals surface area contributed by atoms with Crippen molar-refractivity contribution in [3.8, 4) is 5.69 Å². The topological polar surface area (TPSA) is 46.9 Å². The molecule has 0 fully saturated rings. The van der Waals surface area contributed by atoms with E-state index >= 15 is 0 Å². The van der Waals surface area contributed by atoms with Crippen molar-refractivity contribution in [3.05, 3.63) is 82.4 Å². The van der Waals surface area contributed by atoms with Crippen molar-refractivity contribution in [2.45, 2.75) is 12.7 Å². The largest absolute Gasteiger partial charge is 0.434 e. The van der Waals surface area contributed by atoms with Crippen LogP contribution in [0.25, 0.3) is 5.69 Å². The lowest BCUT2D eigenvalue weighted by Gasteiger charge is -2.13. The highest BCUT2D eigenvalue weighted by atomic mass is 35.5. The molecule has 1 heterocycles. The van der Waals surface area contributed by atoms with Crippen molar-refractivity contribution in [2.75, 3.05) is 0 Å². The summed E-state index contributed by atoms with van der Waals surface area (Å²) in [6, 6.07) is 10.9. The minimum atomic E-state index is -4.85.